The molecule has 1 unspecified atom stereocenters. The molecule has 1 amide bonds. The van der Waals surface area contributed by atoms with Crippen molar-refractivity contribution in [3.05, 3.63) is 29.8 Å². The van der Waals surface area contributed by atoms with Gasteiger partial charge < -0.3 is 10.1 Å². The SMILES string of the molecule is COCCCNC(=O)C(C)N(c1ccc(F)c(F)c1)S(C)(=O)=O. The zero-order valence-corrected chi connectivity index (χ0v) is 14.0. The highest BCUT2D eigenvalue weighted by molar-refractivity contribution is 7.92. The van der Waals surface area contributed by atoms with E-state index in [0.717, 1.165) is 28.8 Å². The van der Waals surface area contributed by atoms with Gasteiger partial charge in [-0.3, -0.25) is 9.10 Å². The third-order valence-electron chi connectivity index (χ3n) is 3.07. The van der Waals surface area contributed by atoms with E-state index in [-0.39, 0.29) is 5.69 Å². The number of benzene rings is 1. The minimum Gasteiger partial charge on any atom is -0.385 e. The number of ether oxygens (including phenoxy) is 1. The molecule has 1 atom stereocenters. The second-order valence-electron chi connectivity index (χ2n) is 4.97. The Hall–Kier alpha value is -1.74. The topological polar surface area (TPSA) is 75.7 Å². The molecule has 1 N–H and O–H groups in total. The fourth-order valence-electron chi connectivity index (χ4n) is 2.01. The van der Waals surface area contributed by atoms with Crippen molar-refractivity contribution in [2.24, 2.45) is 0 Å². The van der Waals surface area contributed by atoms with Gasteiger partial charge in [0.15, 0.2) is 11.6 Å². The molecule has 0 aliphatic heterocycles. The van der Waals surface area contributed by atoms with Gasteiger partial charge in [-0.25, -0.2) is 17.2 Å². The summed E-state index contributed by atoms with van der Waals surface area (Å²) in [5.41, 5.74) is -0.119. The maximum atomic E-state index is 13.4. The van der Waals surface area contributed by atoms with Crippen molar-refractivity contribution in [3.8, 4) is 0 Å². The molecule has 0 saturated carbocycles. The molecule has 23 heavy (non-hydrogen) atoms. The minimum absolute atomic E-state index is 0.119. The van der Waals surface area contributed by atoms with Gasteiger partial charge in [0.25, 0.3) is 0 Å². The van der Waals surface area contributed by atoms with Gasteiger partial charge in [0.1, 0.15) is 6.04 Å². The largest absolute Gasteiger partial charge is 0.385 e. The molecule has 0 heterocycles. The van der Waals surface area contributed by atoms with E-state index in [9.17, 15) is 22.0 Å². The quantitative estimate of drug-likeness (QED) is 0.717. The third-order valence-corrected chi connectivity index (χ3v) is 4.31. The summed E-state index contributed by atoms with van der Waals surface area (Å²) in [5.74, 6) is -2.83. The fraction of sp³-hybridized carbons (Fsp3) is 0.500. The molecule has 1 aromatic rings. The Balaban J connectivity index is 2.98. The molecule has 0 radical (unpaired) electrons. The van der Waals surface area contributed by atoms with Gasteiger partial charge in [-0.1, -0.05) is 0 Å². The number of carbonyl (C=O) groups is 1. The Morgan fingerprint density at radius 1 is 1.35 bits per heavy atom. The lowest BCUT2D eigenvalue weighted by molar-refractivity contribution is -0.121. The van der Waals surface area contributed by atoms with Crippen molar-refractivity contribution in [1.82, 2.24) is 5.32 Å². The molecule has 0 spiro atoms. The molecule has 9 heteroatoms. The first kappa shape index (κ1) is 19.3. The van der Waals surface area contributed by atoms with Crippen molar-refractivity contribution in [3.63, 3.8) is 0 Å². The van der Waals surface area contributed by atoms with Crippen LogP contribution in [0.3, 0.4) is 0 Å². The third kappa shape index (κ3) is 5.43. The summed E-state index contributed by atoms with van der Waals surface area (Å²) < 4.78 is 55.9. The van der Waals surface area contributed by atoms with Crippen LogP contribution in [0.1, 0.15) is 13.3 Å². The molecule has 0 aliphatic rings. The standard InChI is InChI=1S/C14H20F2N2O4S/c1-10(14(19)17-7-4-8-22-2)18(23(3,20)21)11-5-6-12(15)13(16)9-11/h5-6,9-10H,4,7-8H2,1-3H3,(H,17,19). The average molecular weight is 350 g/mol. The lowest BCUT2D eigenvalue weighted by Gasteiger charge is -2.28. The van der Waals surface area contributed by atoms with E-state index in [4.69, 9.17) is 4.74 Å². The lowest BCUT2D eigenvalue weighted by Crippen LogP contribution is -2.48. The molecule has 0 saturated heterocycles. The van der Waals surface area contributed by atoms with Gasteiger partial charge in [-0.15, -0.1) is 0 Å². The smallest absolute Gasteiger partial charge is 0.243 e. The number of methoxy groups -OCH3 is 1. The zero-order valence-electron chi connectivity index (χ0n) is 13.2. The maximum Gasteiger partial charge on any atom is 0.243 e. The van der Waals surface area contributed by atoms with E-state index >= 15 is 0 Å². The van der Waals surface area contributed by atoms with Crippen LogP contribution in [0, 0.1) is 11.6 Å². The first-order chi connectivity index (χ1) is 10.7. The maximum absolute atomic E-state index is 13.4. The summed E-state index contributed by atoms with van der Waals surface area (Å²) in [7, 11) is -2.34. The highest BCUT2D eigenvalue weighted by Crippen LogP contribution is 2.23. The molecule has 6 nitrogen and oxygen atoms in total. The van der Waals surface area contributed by atoms with Crippen LogP contribution in [0.15, 0.2) is 18.2 Å². The van der Waals surface area contributed by atoms with E-state index in [1.54, 1.807) is 0 Å². The molecule has 0 fully saturated rings. The van der Waals surface area contributed by atoms with Crippen LogP contribution in [0.5, 0.6) is 0 Å². The van der Waals surface area contributed by atoms with Crippen LogP contribution in [0.4, 0.5) is 14.5 Å². The summed E-state index contributed by atoms with van der Waals surface area (Å²) >= 11 is 0. The van der Waals surface area contributed by atoms with E-state index in [1.807, 2.05) is 0 Å². The van der Waals surface area contributed by atoms with Gasteiger partial charge in [-0.05, 0) is 25.5 Å². The Morgan fingerprint density at radius 2 is 2.00 bits per heavy atom. The predicted molar refractivity (Wildman–Crippen MR) is 82.6 cm³/mol. The van der Waals surface area contributed by atoms with E-state index in [1.165, 1.54) is 14.0 Å². The first-order valence-electron chi connectivity index (χ1n) is 6.89. The van der Waals surface area contributed by atoms with Crippen molar-refractivity contribution in [2.45, 2.75) is 19.4 Å². The highest BCUT2D eigenvalue weighted by atomic mass is 32.2. The normalized spacial score (nSPS) is 12.7. The molecule has 130 valence electrons. The summed E-state index contributed by atoms with van der Waals surface area (Å²) in [5, 5.41) is 2.57. The second kappa shape index (κ2) is 8.21. The van der Waals surface area contributed by atoms with E-state index < -0.39 is 33.6 Å². The van der Waals surface area contributed by atoms with E-state index in [2.05, 4.69) is 5.32 Å². The second-order valence-corrected chi connectivity index (χ2v) is 6.83. The van der Waals surface area contributed by atoms with Crippen molar-refractivity contribution in [1.29, 1.82) is 0 Å². The molecule has 0 bridgehead atoms. The van der Waals surface area contributed by atoms with Crippen LogP contribution in [0.25, 0.3) is 0 Å². The van der Waals surface area contributed by atoms with Crippen molar-refractivity contribution < 1.29 is 26.7 Å². The van der Waals surface area contributed by atoms with Gasteiger partial charge in [0, 0.05) is 26.3 Å². The molecule has 1 aromatic carbocycles. The number of nitrogens with one attached hydrogen (secondary N) is 1. The summed E-state index contributed by atoms with van der Waals surface area (Å²) in [6.07, 6.45) is 1.46. The number of nitrogens with zero attached hydrogens (tertiary/aromatic N) is 1. The monoisotopic (exact) mass is 350 g/mol. The zero-order chi connectivity index (χ0) is 17.6. The van der Waals surface area contributed by atoms with Crippen LogP contribution in [0.2, 0.25) is 0 Å². The predicted octanol–water partition coefficient (Wildman–Crippen LogP) is 1.27. The Bertz CT molecular complexity index is 652. The van der Waals surface area contributed by atoms with Crippen LogP contribution in [-0.4, -0.2) is 46.9 Å². The number of sulfonamides is 1. The molecular formula is C14H20F2N2O4S. The number of hydrogen-bond donors (Lipinski definition) is 1. The number of amides is 1. The molecular weight excluding hydrogens is 330 g/mol. The van der Waals surface area contributed by atoms with Crippen LogP contribution in [-0.2, 0) is 19.6 Å². The first-order valence-corrected chi connectivity index (χ1v) is 8.74. The van der Waals surface area contributed by atoms with Crippen molar-refractivity contribution >= 4 is 21.6 Å². The van der Waals surface area contributed by atoms with Gasteiger partial charge in [-0.2, -0.15) is 0 Å². The van der Waals surface area contributed by atoms with Gasteiger partial charge in [0.2, 0.25) is 15.9 Å². The number of rotatable bonds is 8. The fourth-order valence-corrected chi connectivity index (χ4v) is 3.17. The number of hydrogen-bond acceptors (Lipinski definition) is 4. The van der Waals surface area contributed by atoms with Gasteiger partial charge >= 0.3 is 0 Å². The highest BCUT2D eigenvalue weighted by Gasteiger charge is 2.29. The van der Waals surface area contributed by atoms with Crippen LogP contribution >= 0.6 is 0 Å². The van der Waals surface area contributed by atoms with Crippen LogP contribution < -0.4 is 9.62 Å². The van der Waals surface area contributed by atoms with E-state index in [0.29, 0.717) is 19.6 Å². The number of anilines is 1. The van der Waals surface area contributed by atoms with Gasteiger partial charge in [0.05, 0.1) is 11.9 Å². The summed E-state index contributed by atoms with van der Waals surface area (Å²) in [6.45, 7) is 2.13. The lowest BCUT2D eigenvalue weighted by atomic mass is 10.2. The molecule has 0 aliphatic carbocycles. The minimum atomic E-state index is -3.87. The summed E-state index contributed by atoms with van der Waals surface area (Å²) in [6, 6.07) is 1.54. The Kier molecular flexibility index (Phi) is 6.89. The van der Waals surface area contributed by atoms with Crippen molar-refractivity contribution in [2.75, 3.05) is 30.8 Å². The molecule has 0 aromatic heterocycles. The Labute approximate surface area is 134 Å². The molecule has 1 rings (SSSR count). The number of carbonyl (C=O) groups excluding carboxylic acids is 1. The Morgan fingerprint density at radius 3 is 2.52 bits per heavy atom. The number of halogens is 2. The average Bonchev–Trinajstić information content (AvgIpc) is 2.45. The summed E-state index contributed by atoms with van der Waals surface area (Å²) in [4.78, 5) is 12.1.